The van der Waals surface area contributed by atoms with Gasteiger partial charge < -0.3 is 20.1 Å². The SMILES string of the molecule is CCOC(=O)CCCCCc1ccc(CC(NC(=O)NCC(F)(F)F)(c2cc(F)cc(OC(F)(F)C(F)F)c2)c2ccc(F)c(C(F)(F)F)c2)cc1. The topological polar surface area (TPSA) is 76.7 Å². The molecule has 0 heterocycles. The van der Waals surface area contributed by atoms with E-state index in [9.17, 15) is 57.9 Å². The van der Waals surface area contributed by atoms with Crippen LogP contribution in [0.25, 0.3) is 0 Å². The number of aryl methyl sites for hydroxylation is 1. The van der Waals surface area contributed by atoms with Gasteiger partial charge in [0.15, 0.2) is 0 Å². The second-order valence-corrected chi connectivity index (χ2v) is 11.5. The molecule has 0 saturated heterocycles. The van der Waals surface area contributed by atoms with Gasteiger partial charge in [-0.15, -0.1) is 0 Å². The highest BCUT2D eigenvalue weighted by atomic mass is 19.4. The molecule has 0 aromatic heterocycles. The largest absolute Gasteiger partial charge is 0.466 e. The average Bonchev–Trinajstić information content (AvgIpc) is 3.03. The number of unbranched alkanes of at least 4 members (excludes halogenated alkanes) is 2. The number of urea groups is 1. The van der Waals surface area contributed by atoms with Crippen molar-refractivity contribution in [2.75, 3.05) is 13.2 Å². The maximum Gasteiger partial charge on any atom is 0.461 e. The van der Waals surface area contributed by atoms with Crippen LogP contribution >= 0.6 is 0 Å². The molecule has 0 aliphatic rings. The van der Waals surface area contributed by atoms with Crippen molar-refractivity contribution < 1.29 is 71.7 Å². The van der Waals surface area contributed by atoms with Crippen molar-refractivity contribution in [3.05, 3.63) is 100 Å². The average molecular weight is 761 g/mol. The number of alkyl halides is 10. The smallest absolute Gasteiger partial charge is 0.461 e. The molecule has 0 aliphatic carbocycles. The number of hydrogen-bond acceptors (Lipinski definition) is 4. The van der Waals surface area contributed by atoms with Crippen molar-refractivity contribution in [3.8, 4) is 5.75 Å². The zero-order chi connectivity index (χ0) is 38.9. The van der Waals surface area contributed by atoms with Crippen LogP contribution in [0.15, 0.2) is 60.7 Å². The lowest BCUT2D eigenvalue weighted by molar-refractivity contribution is -0.253. The minimum atomic E-state index is -5.38. The summed E-state index contributed by atoms with van der Waals surface area (Å²) in [7, 11) is 0. The number of hydrogen-bond donors (Lipinski definition) is 2. The summed E-state index contributed by atoms with van der Waals surface area (Å²) in [5.41, 5.74) is -5.16. The number of benzene rings is 3. The third-order valence-electron chi connectivity index (χ3n) is 7.56. The van der Waals surface area contributed by atoms with Crippen LogP contribution in [-0.2, 0) is 34.1 Å². The first kappa shape index (κ1) is 41.8. The predicted molar refractivity (Wildman–Crippen MR) is 162 cm³/mol. The molecule has 0 bridgehead atoms. The minimum Gasteiger partial charge on any atom is -0.466 e. The number of rotatable bonds is 16. The Kier molecular flexibility index (Phi) is 13.9. The molecule has 0 aliphatic heterocycles. The van der Waals surface area contributed by atoms with E-state index in [0.29, 0.717) is 49.9 Å². The molecule has 286 valence electrons. The maximum absolute atomic E-state index is 15.0. The van der Waals surface area contributed by atoms with E-state index in [-0.39, 0.29) is 36.7 Å². The Morgan fingerprint density at radius 3 is 2.04 bits per heavy atom. The summed E-state index contributed by atoms with van der Waals surface area (Å²) in [6.07, 6.45) is -18.2. The van der Waals surface area contributed by atoms with Crippen LogP contribution < -0.4 is 15.4 Å². The zero-order valence-corrected chi connectivity index (χ0v) is 27.2. The second-order valence-electron chi connectivity index (χ2n) is 11.5. The Morgan fingerprint density at radius 2 is 1.44 bits per heavy atom. The number of carbonyl (C=O) groups is 2. The van der Waals surface area contributed by atoms with Gasteiger partial charge in [0.2, 0.25) is 0 Å². The van der Waals surface area contributed by atoms with Crippen molar-refractivity contribution >= 4 is 12.0 Å². The van der Waals surface area contributed by atoms with Crippen LogP contribution in [0.4, 0.5) is 57.5 Å². The molecule has 3 rings (SSSR count). The highest BCUT2D eigenvalue weighted by molar-refractivity contribution is 5.76. The summed E-state index contributed by atoms with van der Waals surface area (Å²) in [6, 6.07) is 6.64. The van der Waals surface area contributed by atoms with Gasteiger partial charge in [-0.3, -0.25) is 4.79 Å². The van der Waals surface area contributed by atoms with Gasteiger partial charge in [0.25, 0.3) is 0 Å². The lowest BCUT2D eigenvalue weighted by atomic mass is 9.77. The fourth-order valence-corrected chi connectivity index (χ4v) is 5.19. The summed E-state index contributed by atoms with van der Waals surface area (Å²) in [6.45, 7) is -0.0435. The molecule has 18 heteroatoms. The molecular formula is C34H32F12N2O4. The number of halogens is 12. The van der Waals surface area contributed by atoms with Gasteiger partial charge in [0.05, 0.1) is 17.7 Å². The summed E-state index contributed by atoms with van der Waals surface area (Å²) in [5.74, 6) is -4.94. The molecular weight excluding hydrogens is 728 g/mol. The minimum absolute atomic E-state index is 0.129. The molecule has 0 fully saturated rings. The lowest BCUT2D eigenvalue weighted by Gasteiger charge is -2.37. The van der Waals surface area contributed by atoms with E-state index < -0.39 is 83.5 Å². The summed E-state index contributed by atoms with van der Waals surface area (Å²) in [5, 5.41) is 3.52. The summed E-state index contributed by atoms with van der Waals surface area (Å²) < 4.78 is 173. The summed E-state index contributed by atoms with van der Waals surface area (Å²) >= 11 is 0. The van der Waals surface area contributed by atoms with Crippen molar-refractivity contribution in [3.63, 3.8) is 0 Å². The third-order valence-corrected chi connectivity index (χ3v) is 7.56. The Hall–Kier alpha value is -4.64. The molecule has 1 unspecified atom stereocenters. The molecule has 1 atom stereocenters. The number of carbonyl (C=O) groups excluding carboxylic acids is 2. The van der Waals surface area contributed by atoms with Crippen LogP contribution in [0.5, 0.6) is 5.75 Å². The molecule has 0 radical (unpaired) electrons. The van der Waals surface area contributed by atoms with E-state index in [1.807, 2.05) is 0 Å². The Labute approximate surface area is 289 Å². The molecule has 0 spiro atoms. The van der Waals surface area contributed by atoms with E-state index in [0.717, 1.165) is 5.56 Å². The predicted octanol–water partition coefficient (Wildman–Crippen LogP) is 9.23. The van der Waals surface area contributed by atoms with Crippen molar-refractivity contribution in [1.82, 2.24) is 10.6 Å². The van der Waals surface area contributed by atoms with E-state index in [4.69, 9.17) is 4.74 Å². The second kappa shape index (κ2) is 17.3. The van der Waals surface area contributed by atoms with Crippen molar-refractivity contribution in [2.45, 2.75) is 75.9 Å². The fourth-order valence-electron chi connectivity index (χ4n) is 5.19. The van der Waals surface area contributed by atoms with Gasteiger partial charge in [-0.1, -0.05) is 36.8 Å². The normalized spacial score (nSPS) is 13.4. The maximum atomic E-state index is 15.0. The zero-order valence-electron chi connectivity index (χ0n) is 27.2. The van der Waals surface area contributed by atoms with Crippen LogP contribution in [0.2, 0.25) is 0 Å². The van der Waals surface area contributed by atoms with E-state index in [1.54, 1.807) is 19.1 Å². The van der Waals surface area contributed by atoms with Crippen molar-refractivity contribution in [2.24, 2.45) is 0 Å². The molecule has 3 aromatic rings. The van der Waals surface area contributed by atoms with Crippen LogP contribution in [0.1, 0.15) is 60.4 Å². The third kappa shape index (κ3) is 12.0. The lowest BCUT2D eigenvalue weighted by Crippen LogP contribution is -2.53. The van der Waals surface area contributed by atoms with E-state index >= 15 is 4.39 Å². The van der Waals surface area contributed by atoms with Gasteiger partial charge in [-0.05, 0) is 72.7 Å². The van der Waals surface area contributed by atoms with Crippen molar-refractivity contribution in [1.29, 1.82) is 0 Å². The fraction of sp³-hybridized carbons (Fsp3) is 0.412. The first-order chi connectivity index (χ1) is 24.1. The van der Waals surface area contributed by atoms with Gasteiger partial charge in [-0.2, -0.15) is 43.9 Å². The quantitative estimate of drug-likeness (QED) is 0.0868. The first-order valence-corrected chi connectivity index (χ1v) is 15.5. The number of amides is 2. The van der Waals surface area contributed by atoms with Gasteiger partial charge >= 0.3 is 36.9 Å². The Morgan fingerprint density at radius 1 is 0.788 bits per heavy atom. The van der Waals surface area contributed by atoms with Crippen LogP contribution in [0, 0.1) is 11.6 Å². The van der Waals surface area contributed by atoms with Gasteiger partial charge in [0.1, 0.15) is 23.9 Å². The van der Waals surface area contributed by atoms with E-state index in [2.05, 4.69) is 10.1 Å². The standard InChI is InChI=1S/C34H32F12N2O4/c1-2-51-28(49)7-5-3-4-6-20-8-10-21(11-9-20)18-31(48-30(50)47-19-32(39,40)41,22-12-13-27(36)26(16-22)33(42,43)44)23-14-24(35)17-25(15-23)52-34(45,46)29(37)38/h8-17,29H,2-7,18-19H2,1H3,(H2,47,48,50). The Bertz CT molecular complexity index is 1660. The monoisotopic (exact) mass is 760 g/mol. The number of ether oxygens (including phenoxy) is 2. The van der Waals surface area contributed by atoms with E-state index in [1.165, 1.54) is 17.4 Å². The van der Waals surface area contributed by atoms with Crippen LogP contribution in [-0.4, -0.2) is 43.9 Å². The van der Waals surface area contributed by atoms with Gasteiger partial charge in [0, 0.05) is 18.9 Å². The number of nitrogens with one attached hydrogen (secondary N) is 2. The molecule has 6 nitrogen and oxygen atoms in total. The number of esters is 1. The summed E-state index contributed by atoms with van der Waals surface area (Å²) in [4.78, 5) is 24.5. The molecule has 2 amide bonds. The molecule has 52 heavy (non-hydrogen) atoms. The molecule has 0 saturated carbocycles. The first-order valence-electron chi connectivity index (χ1n) is 15.5. The van der Waals surface area contributed by atoms with Gasteiger partial charge in [-0.25, -0.2) is 13.6 Å². The highest BCUT2D eigenvalue weighted by Gasteiger charge is 2.45. The highest BCUT2D eigenvalue weighted by Crippen LogP contribution is 2.41. The Balaban J connectivity index is 2.16. The molecule has 3 aromatic carbocycles. The van der Waals surface area contributed by atoms with Crippen LogP contribution in [0.3, 0.4) is 0 Å². The molecule has 2 N–H and O–H groups in total.